The molecule has 2 aliphatic heterocycles. The molecule has 0 radical (unpaired) electrons. The summed E-state index contributed by atoms with van der Waals surface area (Å²) in [4.78, 5) is 4.91. The van der Waals surface area contributed by atoms with Crippen LogP contribution in [0.2, 0.25) is 0 Å². The van der Waals surface area contributed by atoms with Crippen molar-refractivity contribution in [3.05, 3.63) is 0 Å². The fraction of sp³-hybridized carbons (Fsp3) is 1.00. The number of nitrogens with one attached hydrogen (secondary N) is 1. The Morgan fingerprint density at radius 2 is 2.21 bits per heavy atom. The molecule has 2 aliphatic rings. The molecule has 1 atom stereocenters. The van der Waals surface area contributed by atoms with E-state index in [2.05, 4.69) is 29.2 Å². The van der Waals surface area contributed by atoms with Crippen LogP contribution in [0.15, 0.2) is 0 Å². The summed E-state index contributed by atoms with van der Waals surface area (Å²) in [6, 6.07) is 0. The van der Waals surface area contributed by atoms with Gasteiger partial charge < -0.3 is 15.1 Å². The van der Waals surface area contributed by atoms with Crippen molar-refractivity contribution in [3.63, 3.8) is 0 Å². The van der Waals surface area contributed by atoms with Gasteiger partial charge in [-0.2, -0.15) is 0 Å². The molecule has 2 rings (SSSR count). The average Bonchev–Trinajstić information content (AvgIpc) is 2.74. The van der Waals surface area contributed by atoms with E-state index in [4.69, 9.17) is 0 Å². The van der Waals surface area contributed by atoms with Crippen molar-refractivity contribution in [1.82, 2.24) is 15.1 Å². The molecule has 1 unspecified atom stereocenters. The highest BCUT2D eigenvalue weighted by Gasteiger charge is 2.39. The smallest absolute Gasteiger partial charge is 0.0109 e. The molecule has 0 aliphatic carbocycles. The molecule has 3 heteroatoms. The summed E-state index contributed by atoms with van der Waals surface area (Å²) in [5, 5.41) is 3.50. The van der Waals surface area contributed by atoms with Crippen LogP contribution in [0, 0.1) is 5.41 Å². The van der Waals surface area contributed by atoms with Crippen molar-refractivity contribution in [2.75, 3.05) is 53.4 Å². The molecule has 2 fully saturated rings. The molecule has 1 spiro atoms. The summed E-state index contributed by atoms with van der Waals surface area (Å²) in [7, 11) is 4.31. The number of hydrogen-bond donors (Lipinski definition) is 1. The highest BCUT2D eigenvalue weighted by atomic mass is 15.2. The Morgan fingerprint density at radius 3 is 2.86 bits per heavy atom. The van der Waals surface area contributed by atoms with Crippen molar-refractivity contribution >= 4 is 0 Å². The Hall–Kier alpha value is -0.120. The maximum Gasteiger partial charge on any atom is 0.0109 e. The number of hydrogen-bond acceptors (Lipinski definition) is 3. The first-order valence-corrected chi connectivity index (χ1v) is 5.78. The van der Waals surface area contributed by atoms with Crippen LogP contribution in [0.5, 0.6) is 0 Å². The van der Waals surface area contributed by atoms with Crippen molar-refractivity contribution < 1.29 is 0 Å². The van der Waals surface area contributed by atoms with Crippen molar-refractivity contribution in [2.24, 2.45) is 5.41 Å². The zero-order chi connectivity index (χ0) is 10.0. The normalized spacial score (nSPS) is 33.6. The standard InChI is InChI=1S/C11H23N3/c1-13(2)7-8-14-6-4-11(10-14)3-5-12-9-11/h12H,3-10H2,1-2H3. The second kappa shape index (κ2) is 4.17. The molecular formula is C11H23N3. The van der Waals surface area contributed by atoms with Gasteiger partial charge in [-0.15, -0.1) is 0 Å². The van der Waals surface area contributed by atoms with Gasteiger partial charge in [0.05, 0.1) is 0 Å². The summed E-state index contributed by atoms with van der Waals surface area (Å²) < 4.78 is 0. The second-order valence-corrected chi connectivity index (χ2v) is 5.26. The van der Waals surface area contributed by atoms with Crippen LogP contribution >= 0.6 is 0 Å². The molecule has 1 N–H and O–H groups in total. The fourth-order valence-corrected chi connectivity index (χ4v) is 2.70. The Bertz CT molecular complexity index is 185. The number of rotatable bonds is 3. The molecule has 0 aromatic rings. The largest absolute Gasteiger partial charge is 0.316 e. The van der Waals surface area contributed by atoms with E-state index in [0.717, 1.165) is 0 Å². The van der Waals surface area contributed by atoms with Gasteiger partial charge in [-0.05, 0) is 45.4 Å². The van der Waals surface area contributed by atoms with E-state index in [-0.39, 0.29) is 0 Å². The first-order valence-electron chi connectivity index (χ1n) is 5.78. The highest BCUT2D eigenvalue weighted by Crippen LogP contribution is 2.35. The maximum atomic E-state index is 3.50. The van der Waals surface area contributed by atoms with Crippen molar-refractivity contribution in [3.8, 4) is 0 Å². The Balaban J connectivity index is 1.76. The summed E-state index contributed by atoms with van der Waals surface area (Å²) in [5.41, 5.74) is 0.645. The van der Waals surface area contributed by atoms with Gasteiger partial charge in [-0.3, -0.25) is 0 Å². The third-order valence-electron chi connectivity index (χ3n) is 3.71. The van der Waals surface area contributed by atoms with Gasteiger partial charge >= 0.3 is 0 Å². The van der Waals surface area contributed by atoms with Gasteiger partial charge in [-0.1, -0.05) is 0 Å². The molecular weight excluding hydrogens is 174 g/mol. The van der Waals surface area contributed by atoms with Crippen molar-refractivity contribution in [2.45, 2.75) is 12.8 Å². The third kappa shape index (κ3) is 2.27. The molecule has 2 saturated heterocycles. The van der Waals surface area contributed by atoms with E-state index in [1.54, 1.807) is 0 Å². The second-order valence-electron chi connectivity index (χ2n) is 5.26. The topological polar surface area (TPSA) is 18.5 Å². The predicted molar refractivity (Wildman–Crippen MR) is 59.5 cm³/mol. The molecule has 3 nitrogen and oxygen atoms in total. The third-order valence-corrected chi connectivity index (χ3v) is 3.71. The van der Waals surface area contributed by atoms with E-state index >= 15 is 0 Å². The number of likely N-dealkylation sites (tertiary alicyclic amines) is 1. The van der Waals surface area contributed by atoms with E-state index in [1.807, 2.05) is 0 Å². The molecule has 0 saturated carbocycles. The highest BCUT2D eigenvalue weighted by molar-refractivity contribution is 4.95. The van der Waals surface area contributed by atoms with Gasteiger partial charge in [0, 0.05) is 26.2 Å². The van der Waals surface area contributed by atoms with Crippen LogP contribution in [0.1, 0.15) is 12.8 Å². The lowest BCUT2D eigenvalue weighted by Gasteiger charge is -2.23. The molecule has 0 bridgehead atoms. The van der Waals surface area contributed by atoms with Crippen LogP contribution in [0.3, 0.4) is 0 Å². The Morgan fingerprint density at radius 1 is 1.36 bits per heavy atom. The van der Waals surface area contributed by atoms with Crippen LogP contribution in [0.4, 0.5) is 0 Å². The fourth-order valence-electron chi connectivity index (χ4n) is 2.70. The lowest BCUT2D eigenvalue weighted by Crippen LogP contribution is -2.33. The van der Waals surface area contributed by atoms with Crippen LogP contribution in [-0.4, -0.2) is 63.2 Å². The predicted octanol–water partition coefficient (Wildman–Crippen LogP) is 0.233. The summed E-state index contributed by atoms with van der Waals surface area (Å²) in [5.74, 6) is 0. The lowest BCUT2D eigenvalue weighted by atomic mass is 9.87. The molecule has 14 heavy (non-hydrogen) atoms. The lowest BCUT2D eigenvalue weighted by molar-refractivity contribution is 0.248. The number of nitrogens with zero attached hydrogens (tertiary/aromatic N) is 2. The van der Waals surface area contributed by atoms with Gasteiger partial charge in [0.25, 0.3) is 0 Å². The summed E-state index contributed by atoms with van der Waals surface area (Å²) >= 11 is 0. The quantitative estimate of drug-likeness (QED) is 0.699. The molecule has 0 amide bonds. The average molecular weight is 197 g/mol. The molecule has 82 valence electrons. The summed E-state index contributed by atoms with van der Waals surface area (Å²) in [6.07, 6.45) is 2.80. The minimum Gasteiger partial charge on any atom is -0.316 e. The van der Waals surface area contributed by atoms with E-state index < -0.39 is 0 Å². The van der Waals surface area contributed by atoms with Crippen LogP contribution in [-0.2, 0) is 0 Å². The number of likely N-dealkylation sites (N-methyl/N-ethyl adjacent to an activating group) is 1. The maximum absolute atomic E-state index is 3.50. The van der Waals surface area contributed by atoms with Gasteiger partial charge in [0.15, 0.2) is 0 Å². The first kappa shape index (κ1) is 10.4. The van der Waals surface area contributed by atoms with Crippen LogP contribution < -0.4 is 5.32 Å². The first-order chi connectivity index (χ1) is 6.70. The van der Waals surface area contributed by atoms with Crippen LogP contribution in [0.25, 0.3) is 0 Å². The van der Waals surface area contributed by atoms with E-state index in [1.165, 1.54) is 52.1 Å². The minimum absolute atomic E-state index is 0.645. The van der Waals surface area contributed by atoms with E-state index in [0.29, 0.717) is 5.41 Å². The molecule has 0 aromatic carbocycles. The zero-order valence-electron chi connectivity index (χ0n) is 9.55. The zero-order valence-corrected chi connectivity index (χ0v) is 9.55. The van der Waals surface area contributed by atoms with Gasteiger partial charge in [0.1, 0.15) is 0 Å². The SMILES string of the molecule is CN(C)CCN1CCC2(CCNC2)C1. The van der Waals surface area contributed by atoms with E-state index in [9.17, 15) is 0 Å². The van der Waals surface area contributed by atoms with Crippen molar-refractivity contribution in [1.29, 1.82) is 0 Å². The summed E-state index contributed by atoms with van der Waals surface area (Å²) in [6.45, 7) is 7.58. The molecule has 2 heterocycles. The van der Waals surface area contributed by atoms with Gasteiger partial charge in [-0.25, -0.2) is 0 Å². The monoisotopic (exact) mass is 197 g/mol. The Kier molecular flexibility index (Phi) is 3.10. The molecule has 0 aromatic heterocycles. The minimum atomic E-state index is 0.645. The Labute approximate surface area is 87.4 Å². The van der Waals surface area contributed by atoms with Gasteiger partial charge in [0.2, 0.25) is 0 Å².